The van der Waals surface area contributed by atoms with Gasteiger partial charge in [0.25, 0.3) is 0 Å². The Morgan fingerprint density at radius 3 is 1.31 bits per heavy atom. The number of rotatable bonds is 5. The van der Waals surface area contributed by atoms with Crippen LogP contribution in [-0.4, -0.2) is 19.5 Å². The Labute approximate surface area is 424 Å². The highest BCUT2D eigenvalue weighted by atomic mass is 32.1. The molecule has 11 aromatic carbocycles. The van der Waals surface area contributed by atoms with Crippen molar-refractivity contribution >= 4 is 138 Å². The highest BCUT2D eigenvalue weighted by molar-refractivity contribution is 7.26. The SMILES string of the molecule is c1ccc2cc3c(cc2c1)c1cc2ccccc2cc1n3-c1ccc(-c2nc(-c3cccc4sc5ccccc5c34)nc(-c3cccc4sc5ccccc5c34)n2)cc1-c1ccc2sc3ccccc3c2c1. The van der Waals surface area contributed by atoms with Gasteiger partial charge in [-0.05, 0) is 112 Å². The van der Waals surface area contributed by atoms with Gasteiger partial charge in [0.15, 0.2) is 17.5 Å². The Balaban J connectivity index is 1.00. The van der Waals surface area contributed by atoms with E-state index >= 15 is 0 Å². The number of aromatic nitrogens is 4. The summed E-state index contributed by atoms with van der Waals surface area (Å²) < 4.78 is 9.94. The van der Waals surface area contributed by atoms with Gasteiger partial charge in [0.2, 0.25) is 0 Å². The first-order valence-electron chi connectivity index (χ1n) is 24.1. The molecular weight excluding hydrogens is 933 g/mol. The van der Waals surface area contributed by atoms with Crippen LogP contribution in [0, 0.1) is 0 Å². The van der Waals surface area contributed by atoms with E-state index in [1.165, 1.54) is 92.8 Å². The van der Waals surface area contributed by atoms with E-state index in [1.54, 1.807) is 0 Å². The fourth-order valence-electron chi connectivity index (χ4n) is 11.3. The second-order valence-electron chi connectivity index (χ2n) is 18.7. The Morgan fingerprint density at radius 1 is 0.278 bits per heavy atom. The van der Waals surface area contributed by atoms with E-state index in [0.717, 1.165) is 44.5 Å². The zero-order chi connectivity index (χ0) is 47.0. The molecule has 0 bridgehead atoms. The van der Waals surface area contributed by atoms with E-state index in [0.29, 0.717) is 17.5 Å². The molecule has 0 aliphatic carbocycles. The van der Waals surface area contributed by atoms with Crippen LogP contribution in [0.4, 0.5) is 0 Å². The predicted octanol–water partition coefficient (Wildman–Crippen LogP) is 19.0. The van der Waals surface area contributed by atoms with E-state index in [1.807, 2.05) is 34.0 Å². The maximum Gasteiger partial charge on any atom is 0.164 e. The second kappa shape index (κ2) is 15.5. The molecule has 334 valence electrons. The Morgan fingerprint density at radius 2 is 0.722 bits per heavy atom. The van der Waals surface area contributed by atoms with E-state index in [-0.39, 0.29) is 0 Å². The lowest BCUT2D eigenvalue weighted by Gasteiger charge is -2.17. The minimum Gasteiger partial charge on any atom is -0.309 e. The van der Waals surface area contributed by atoms with Crippen LogP contribution in [0.3, 0.4) is 0 Å². The summed E-state index contributed by atoms with van der Waals surface area (Å²) in [5.41, 5.74) is 8.52. The first-order chi connectivity index (χ1) is 35.6. The standard InChI is InChI=1S/C65H36N4S3/c1-3-15-39-35-53-49(31-37(39)13-1)50-32-38-14-2-4-16-40(38)36-54(50)69(53)52-29-27-42(34-48(52)41-28-30-58-51(33-41)43-17-5-8-22-55(43)70-58)63-66-64(46-20-11-25-59-61(46)44-18-6-9-23-56(44)71-59)68-65(67-63)47-21-12-26-60-62(47)45-19-7-10-24-57(45)72-60/h1-36H. The zero-order valence-corrected chi connectivity index (χ0v) is 40.7. The third kappa shape index (κ3) is 6.05. The van der Waals surface area contributed by atoms with Gasteiger partial charge in [0.1, 0.15) is 0 Å². The van der Waals surface area contributed by atoms with Crippen molar-refractivity contribution in [1.29, 1.82) is 0 Å². The van der Waals surface area contributed by atoms with Gasteiger partial charge in [-0.25, -0.2) is 15.0 Å². The maximum absolute atomic E-state index is 5.52. The van der Waals surface area contributed by atoms with Gasteiger partial charge >= 0.3 is 0 Å². The summed E-state index contributed by atoms with van der Waals surface area (Å²) in [5.74, 6) is 1.93. The molecule has 7 heteroatoms. The zero-order valence-electron chi connectivity index (χ0n) is 38.3. The Kier molecular flexibility index (Phi) is 8.62. The number of hydrogen-bond acceptors (Lipinski definition) is 6. The summed E-state index contributed by atoms with van der Waals surface area (Å²) in [7, 11) is 0. The van der Waals surface area contributed by atoms with Crippen molar-refractivity contribution in [2.45, 2.75) is 0 Å². The van der Waals surface area contributed by atoms with Crippen LogP contribution < -0.4 is 0 Å². The molecule has 5 aromatic heterocycles. The summed E-state index contributed by atoms with van der Waals surface area (Å²) >= 11 is 5.46. The van der Waals surface area contributed by atoms with Crippen LogP contribution in [0.15, 0.2) is 218 Å². The van der Waals surface area contributed by atoms with E-state index in [4.69, 9.17) is 15.0 Å². The number of fused-ring (bicyclic) bond motifs is 14. The summed E-state index contributed by atoms with van der Waals surface area (Å²) in [5, 5.41) is 14.6. The summed E-state index contributed by atoms with van der Waals surface area (Å²) in [6.45, 7) is 0. The van der Waals surface area contributed by atoms with Crippen LogP contribution in [0.1, 0.15) is 0 Å². The van der Waals surface area contributed by atoms with Crippen molar-refractivity contribution in [2.24, 2.45) is 0 Å². The van der Waals surface area contributed by atoms with Crippen LogP contribution in [-0.2, 0) is 0 Å². The number of benzene rings is 11. The smallest absolute Gasteiger partial charge is 0.164 e. The molecular formula is C65H36N4S3. The number of hydrogen-bond donors (Lipinski definition) is 0. The van der Waals surface area contributed by atoms with Gasteiger partial charge in [-0.1, -0.05) is 133 Å². The van der Waals surface area contributed by atoms with Crippen LogP contribution in [0.25, 0.3) is 155 Å². The van der Waals surface area contributed by atoms with Crippen molar-refractivity contribution in [3.63, 3.8) is 0 Å². The fraction of sp³-hybridized carbons (Fsp3) is 0. The van der Waals surface area contributed by atoms with E-state index in [9.17, 15) is 0 Å². The first-order valence-corrected chi connectivity index (χ1v) is 26.6. The second-order valence-corrected chi connectivity index (χ2v) is 21.9. The summed E-state index contributed by atoms with van der Waals surface area (Å²) in [6.07, 6.45) is 0. The topological polar surface area (TPSA) is 43.6 Å². The molecule has 0 saturated heterocycles. The van der Waals surface area contributed by atoms with E-state index < -0.39 is 0 Å². The molecule has 0 spiro atoms. The number of nitrogens with zero attached hydrogens (tertiary/aromatic N) is 4. The maximum atomic E-state index is 5.52. The highest BCUT2D eigenvalue weighted by Gasteiger charge is 2.23. The minimum absolute atomic E-state index is 0.622. The van der Waals surface area contributed by atoms with Crippen molar-refractivity contribution in [3.8, 4) is 51.0 Å². The quantitative estimate of drug-likeness (QED) is 0.173. The van der Waals surface area contributed by atoms with Gasteiger partial charge in [0, 0.05) is 93.5 Å². The molecule has 0 aliphatic heterocycles. The monoisotopic (exact) mass is 968 g/mol. The molecule has 0 aliphatic rings. The van der Waals surface area contributed by atoms with Crippen molar-refractivity contribution in [3.05, 3.63) is 218 Å². The average Bonchev–Trinajstić information content (AvgIpc) is 4.20. The van der Waals surface area contributed by atoms with Gasteiger partial charge in [0.05, 0.1) is 16.7 Å². The van der Waals surface area contributed by atoms with Gasteiger partial charge < -0.3 is 4.57 Å². The van der Waals surface area contributed by atoms with Crippen molar-refractivity contribution < 1.29 is 0 Å². The third-order valence-electron chi connectivity index (χ3n) is 14.6. The van der Waals surface area contributed by atoms with Crippen molar-refractivity contribution in [2.75, 3.05) is 0 Å². The van der Waals surface area contributed by atoms with Gasteiger partial charge in [-0.15, -0.1) is 34.0 Å². The van der Waals surface area contributed by atoms with Gasteiger partial charge in [-0.2, -0.15) is 0 Å². The molecule has 4 nitrogen and oxygen atoms in total. The largest absolute Gasteiger partial charge is 0.309 e. The molecule has 0 saturated carbocycles. The highest BCUT2D eigenvalue weighted by Crippen LogP contribution is 2.45. The Hall–Kier alpha value is -8.59. The summed E-state index contributed by atoms with van der Waals surface area (Å²) in [6, 6.07) is 79.9. The lowest BCUT2D eigenvalue weighted by Crippen LogP contribution is -2.02. The molecule has 5 heterocycles. The number of thiophene rings is 3. The van der Waals surface area contributed by atoms with Crippen molar-refractivity contribution in [1.82, 2.24) is 19.5 Å². The molecule has 72 heavy (non-hydrogen) atoms. The summed E-state index contributed by atoms with van der Waals surface area (Å²) in [4.78, 5) is 16.5. The molecule has 16 rings (SSSR count). The lowest BCUT2D eigenvalue weighted by molar-refractivity contribution is 1.08. The molecule has 0 amide bonds. The van der Waals surface area contributed by atoms with Crippen LogP contribution in [0.2, 0.25) is 0 Å². The normalized spacial score (nSPS) is 12.2. The average molecular weight is 969 g/mol. The minimum atomic E-state index is 0.622. The molecule has 16 aromatic rings. The van der Waals surface area contributed by atoms with E-state index in [2.05, 4.69) is 223 Å². The van der Waals surface area contributed by atoms with Gasteiger partial charge in [-0.3, -0.25) is 0 Å². The molecule has 0 atom stereocenters. The molecule has 0 N–H and O–H groups in total. The lowest BCUT2D eigenvalue weighted by atomic mass is 9.98. The Bertz CT molecular complexity index is 4730. The fourth-order valence-corrected chi connectivity index (χ4v) is 14.7. The first kappa shape index (κ1) is 40.2. The third-order valence-corrected chi connectivity index (χ3v) is 18.0. The van der Waals surface area contributed by atoms with Crippen LogP contribution >= 0.6 is 34.0 Å². The molecule has 0 unspecified atom stereocenters. The molecule has 0 radical (unpaired) electrons. The van der Waals surface area contributed by atoms with Crippen LogP contribution in [0.5, 0.6) is 0 Å². The predicted molar refractivity (Wildman–Crippen MR) is 310 cm³/mol. The molecule has 0 fully saturated rings.